The van der Waals surface area contributed by atoms with E-state index in [9.17, 15) is 9.59 Å². The van der Waals surface area contributed by atoms with Crippen molar-refractivity contribution < 1.29 is 14.3 Å². The van der Waals surface area contributed by atoms with Gasteiger partial charge in [-0.3, -0.25) is 4.79 Å². The number of nitrogens with zero attached hydrogens (tertiary/aromatic N) is 1. The lowest BCUT2D eigenvalue weighted by Crippen LogP contribution is -2.28. The van der Waals surface area contributed by atoms with Gasteiger partial charge < -0.3 is 10.1 Å². The van der Waals surface area contributed by atoms with Crippen LogP contribution in [0.1, 0.15) is 21.5 Å². The normalized spacial score (nSPS) is 9.59. The molecule has 0 unspecified atom stereocenters. The number of nitrogens with one attached hydrogen (secondary N) is 1. The first-order valence-electron chi connectivity index (χ1n) is 6.67. The molecule has 1 N–H and O–H groups in total. The van der Waals surface area contributed by atoms with E-state index >= 15 is 0 Å². The van der Waals surface area contributed by atoms with E-state index in [0.717, 1.165) is 5.56 Å². The largest absolute Gasteiger partial charge is 0.452 e. The Morgan fingerprint density at radius 1 is 1.05 bits per heavy atom. The van der Waals surface area contributed by atoms with Crippen molar-refractivity contribution in [2.75, 3.05) is 6.61 Å². The number of ether oxygens (including phenoxy) is 1. The average Bonchev–Trinajstić information content (AvgIpc) is 2.58. The lowest BCUT2D eigenvalue weighted by molar-refractivity contribution is -0.124. The van der Waals surface area contributed by atoms with E-state index in [2.05, 4.69) is 5.32 Å². The summed E-state index contributed by atoms with van der Waals surface area (Å²) >= 11 is 0. The number of rotatable bonds is 5. The quantitative estimate of drug-likeness (QED) is 0.856. The van der Waals surface area contributed by atoms with Crippen LogP contribution in [0.3, 0.4) is 0 Å². The van der Waals surface area contributed by atoms with Crippen LogP contribution in [0.25, 0.3) is 0 Å². The van der Waals surface area contributed by atoms with Gasteiger partial charge in [0.25, 0.3) is 5.91 Å². The number of amides is 1. The van der Waals surface area contributed by atoms with Crippen molar-refractivity contribution in [2.24, 2.45) is 0 Å². The molecule has 5 nitrogen and oxygen atoms in total. The number of carbonyl (C=O) groups is 2. The minimum absolute atomic E-state index is 0.301. The van der Waals surface area contributed by atoms with Crippen LogP contribution >= 0.6 is 0 Å². The van der Waals surface area contributed by atoms with Gasteiger partial charge in [-0.15, -0.1) is 0 Å². The van der Waals surface area contributed by atoms with Gasteiger partial charge in [-0.25, -0.2) is 4.79 Å². The number of benzene rings is 2. The lowest BCUT2D eigenvalue weighted by atomic mass is 10.1. The van der Waals surface area contributed by atoms with E-state index in [1.54, 1.807) is 0 Å². The molecule has 0 atom stereocenters. The summed E-state index contributed by atoms with van der Waals surface area (Å²) in [6.45, 7) is 0.0414. The smallest absolute Gasteiger partial charge is 0.338 e. The van der Waals surface area contributed by atoms with Crippen LogP contribution in [-0.4, -0.2) is 18.5 Å². The fraction of sp³-hybridized carbons (Fsp3) is 0.118. The van der Waals surface area contributed by atoms with Crippen molar-refractivity contribution in [2.45, 2.75) is 6.54 Å². The molecular weight excluding hydrogens is 280 g/mol. The maximum absolute atomic E-state index is 11.7. The zero-order valence-electron chi connectivity index (χ0n) is 11.8. The molecule has 0 saturated carbocycles. The van der Waals surface area contributed by atoms with Gasteiger partial charge in [0.15, 0.2) is 6.61 Å². The van der Waals surface area contributed by atoms with E-state index in [4.69, 9.17) is 10.00 Å². The highest BCUT2D eigenvalue weighted by molar-refractivity contribution is 5.91. The molecule has 0 heterocycles. The predicted molar refractivity (Wildman–Crippen MR) is 79.7 cm³/mol. The third kappa shape index (κ3) is 4.46. The summed E-state index contributed by atoms with van der Waals surface area (Å²) in [5.41, 5.74) is 1.72. The molecular formula is C17H14N2O3. The van der Waals surface area contributed by atoms with E-state index in [1.165, 1.54) is 24.3 Å². The molecule has 110 valence electrons. The van der Waals surface area contributed by atoms with Crippen molar-refractivity contribution in [1.29, 1.82) is 5.26 Å². The topological polar surface area (TPSA) is 79.2 Å². The molecule has 5 heteroatoms. The Balaban J connectivity index is 1.78. The molecule has 0 bridgehead atoms. The Morgan fingerprint density at radius 2 is 1.73 bits per heavy atom. The predicted octanol–water partition coefficient (Wildman–Crippen LogP) is 2.03. The third-order valence-corrected chi connectivity index (χ3v) is 2.92. The van der Waals surface area contributed by atoms with Gasteiger partial charge in [0, 0.05) is 6.54 Å². The van der Waals surface area contributed by atoms with Gasteiger partial charge in [-0.1, -0.05) is 30.3 Å². The summed E-state index contributed by atoms with van der Waals surface area (Å²) in [6, 6.07) is 17.4. The highest BCUT2D eigenvalue weighted by Gasteiger charge is 2.10. The Labute approximate surface area is 128 Å². The molecule has 0 aliphatic rings. The molecule has 0 aliphatic heterocycles. The molecule has 2 rings (SSSR count). The standard InChI is InChI=1S/C17H14N2O3/c18-10-13-6-8-15(9-7-13)17(21)22-12-16(20)19-11-14-4-2-1-3-5-14/h1-9H,11-12H2,(H,19,20). The molecule has 2 aromatic rings. The van der Waals surface area contributed by atoms with Crippen LogP contribution in [0.15, 0.2) is 54.6 Å². The second-order valence-electron chi connectivity index (χ2n) is 4.53. The van der Waals surface area contributed by atoms with Gasteiger partial charge in [-0.05, 0) is 29.8 Å². The summed E-state index contributed by atoms with van der Waals surface area (Å²) in [5, 5.41) is 11.3. The Kier molecular flexibility index (Phi) is 5.27. The van der Waals surface area contributed by atoms with E-state index < -0.39 is 5.97 Å². The van der Waals surface area contributed by atoms with Crippen LogP contribution in [0.5, 0.6) is 0 Å². The first kappa shape index (κ1) is 15.3. The summed E-state index contributed by atoms with van der Waals surface area (Å²) < 4.78 is 4.92. The molecule has 0 spiro atoms. The molecule has 0 aromatic heterocycles. The van der Waals surface area contributed by atoms with Crippen molar-refractivity contribution in [3.05, 3.63) is 71.3 Å². The molecule has 0 radical (unpaired) electrons. The van der Waals surface area contributed by atoms with Crippen LogP contribution in [0.2, 0.25) is 0 Å². The number of nitriles is 1. The monoisotopic (exact) mass is 294 g/mol. The molecule has 22 heavy (non-hydrogen) atoms. The number of hydrogen-bond donors (Lipinski definition) is 1. The number of carbonyl (C=O) groups excluding carboxylic acids is 2. The van der Waals surface area contributed by atoms with Crippen molar-refractivity contribution >= 4 is 11.9 Å². The molecule has 1 amide bonds. The van der Waals surface area contributed by atoms with Crippen molar-refractivity contribution in [3.63, 3.8) is 0 Å². The summed E-state index contributed by atoms with van der Waals surface area (Å²) in [7, 11) is 0. The zero-order valence-corrected chi connectivity index (χ0v) is 11.8. The van der Waals surface area contributed by atoms with Crippen LogP contribution in [0, 0.1) is 11.3 Å². The highest BCUT2D eigenvalue weighted by atomic mass is 16.5. The Hall–Kier alpha value is -3.13. The summed E-state index contributed by atoms with van der Waals surface area (Å²) in [4.78, 5) is 23.4. The van der Waals surface area contributed by atoms with Gasteiger partial charge in [0.2, 0.25) is 0 Å². The fourth-order valence-electron chi connectivity index (χ4n) is 1.74. The second kappa shape index (κ2) is 7.60. The van der Waals surface area contributed by atoms with Gasteiger partial charge >= 0.3 is 5.97 Å². The van der Waals surface area contributed by atoms with Crippen LogP contribution in [-0.2, 0) is 16.1 Å². The summed E-state index contributed by atoms with van der Waals surface area (Å²) in [6.07, 6.45) is 0. The second-order valence-corrected chi connectivity index (χ2v) is 4.53. The molecule has 0 aliphatic carbocycles. The average molecular weight is 294 g/mol. The van der Waals surface area contributed by atoms with Crippen molar-refractivity contribution in [1.82, 2.24) is 5.32 Å². The Morgan fingerprint density at radius 3 is 2.36 bits per heavy atom. The van der Waals surface area contributed by atoms with Crippen molar-refractivity contribution in [3.8, 4) is 6.07 Å². The minimum atomic E-state index is -0.598. The lowest BCUT2D eigenvalue weighted by Gasteiger charge is -2.06. The van der Waals surface area contributed by atoms with E-state index in [0.29, 0.717) is 17.7 Å². The summed E-state index contributed by atoms with van der Waals surface area (Å²) in [5.74, 6) is -0.967. The van der Waals surface area contributed by atoms with Gasteiger partial charge in [-0.2, -0.15) is 5.26 Å². The Bertz CT molecular complexity index is 688. The molecule has 2 aromatic carbocycles. The minimum Gasteiger partial charge on any atom is -0.452 e. The van der Waals surface area contributed by atoms with Crippen LogP contribution < -0.4 is 5.32 Å². The molecule has 0 saturated heterocycles. The van der Waals surface area contributed by atoms with Gasteiger partial charge in [0.1, 0.15) is 0 Å². The highest BCUT2D eigenvalue weighted by Crippen LogP contribution is 2.05. The van der Waals surface area contributed by atoms with E-state index in [1.807, 2.05) is 36.4 Å². The van der Waals surface area contributed by atoms with Gasteiger partial charge in [0.05, 0.1) is 17.2 Å². The maximum Gasteiger partial charge on any atom is 0.338 e. The molecule has 0 fully saturated rings. The fourth-order valence-corrected chi connectivity index (χ4v) is 1.74. The third-order valence-electron chi connectivity index (χ3n) is 2.92. The van der Waals surface area contributed by atoms with Crippen LogP contribution in [0.4, 0.5) is 0 Å². The number of esters is 1. The zero-order chi connectivity index (χ0) is 15.8. The SMILES string of the molecule is N#Cc1ccc(C(=O)OCC(=O)NCc2ccccc2)cc1. The maximum atomic E-state index is 11.7. The van der Waals surface area contributed by atoms with E-state index in [-0.39, 0.29) is 12.5 Å². The first-order valence-corrected chi connectivity index (χ1v) is 6.67. The number of hydrogen-bond acceptors (Lipinski definition) is 4. The first-order chi connectivity index (χ1) is 10.7.